The van der Waals surface area contributed by atoms with Crippen molar-refractivity contribution in [2.45, 2.75) is 6.43 Å². The first kappa shape index (κ1) is 13.4. The Labute approximate surface area is 93.9 Å². The Morgan fingerprint density at radius 3 is 2.24 bits per heavy atom. The van der Waals surface area contributed by atoms with Crippen molar-refractivity contribution in [3.05, 3.63) is 29.3 Å². The minimum absolute atomic E-state index is 0.257. The van der Waals surface area contributed by atoms with Crippen LogP contribution in [0.4, 0.5) is 17.6 Å². The Bertz CT molecular complexity index is 397. The summed E-state index contributed by atoms with van der Waals surface area (Å²) in [5.74, 6) is -4.96. The van der Waals surface area contributed by atoms with Crippen LogP contribution in [0, 0.1) is 11.6 Å². The van der Waals surface area contributed by atoms with E-state index in [0.29, 0.717) is 12.1 Å². The minimum Gasteiger partial charge on any atom is -0.467 e. The van der Waals surface area contributed by atoms with Crippen LogP contribution in [0.1, 0.15) is 10.4 Å². The maximum atomic E-state index is 13.2. The van der Waals surface area contributed by atoms with Crippen molar-refractivity contribution in [2.75, 3.05) is 13.9 Å². The highest BCUT2D eigenvalue weighted by molar-refractivity contribution is 5.99. The first-order valence-corrected chi connectivity index (χ1v) is 4.40. The number of hydrogen-bond donors (Lipinski definition) is 0. The van der Waals surface area contributed by atoms with Gasteiger partial charge in [0.05, 0.1) is 5.56 Å². The number of ketones is 1. The molecule has 0 saturated heterocycles. The van der Waals surface area contributed by atoms with Gasteiger partial charge in [-0.25, -0.2) is 17.6 Å². The monoisotopic (exact) mass is 252 g/mol. The van der Waals surface area contributed by atoms with E-state index in [-0.39, 0.29) is 12.5 Å². The summed E-state index contributed by atoms with van der Waals surface area (Å²) in [7, 11) is 1.29. The van der Waals surface area contributed by atoms with E-state index in [4.69, 9.17) is 4.74 Å². The van der Waals surface area contributed by atoms with E-state index < -0.39 is 29.4 Å². The fourth-order valence-electron chi connectivity index (χ4n) is 1.10. The topological polar surface area (TPSA) is 35.5 Å². The molecule has 0 heterocycles. The molecule has 94 valence electrons. The molecule has 0 unspecified atom stereocenters. The van der Waals surface area contributed by atoms with Crippen LogP contribution in [0.2, 0.25) is 0 Å². The van der Waals surface area contributed by atoms with Crippen molar-refractivity contribution in [1.29, 1.82) is 0 Å². The van der Waals surface area contributed by atoms with Gasteiger partial charge in [-0.3, -0.25) is 4.79 Å². The molecule has 3 nitrogen and oxygen atoms in total. The van der Waals surface area contributed by atoms with E-state index in [1.165, 1.54) is 7.11 Å². The molecule has 0 fully saturated rings. The molecule has 1 aromatic rings. The molecule has 0 aliphatic carbocycles. The molecule has 1 aromatic carbocycles. The van der Waals surface area contributed by atoms with Gasteiger partial charge in [-0.2, -0.15) is 0 Å². The quantitative estimate of drug-likeness (QED) is 0.458. The van der Waals surface area contributed by atoms with Crippen LogP contribution >= 0.6 is 0 Å². The zero-order valence-electron chi connectivity index (χ0n) is 8.68. The standard InChI is InChI=1S/C10H8F4O3/c1-16-4-17-5-2-6(11)8(7(12)3-5)9(15)10(13)14/h2-3,10H,4H2,1H3. The van der Waals surface area contributed by atoms with Crippen LogP contribution in [0.25, 0.3) is 0 Å². The Morgan fingerprint density at radius 2 is 1.82 bits per heavy atom. The molecule has 1 rings (SSSR count). The number of carbonyl (C=O) groups is 1. The normalized spacial score (nSPS) is 10.7. The first-order valence-electron chi connectivity index (χ1n) is 4.40. The predicted molar refractivity (Wildman–Crippen MR) is 49.2 cm³/mol. The summed E-state index contributed by atoms with van der Waals surface area (Å²) < 4.78 is 59.8. The molecule has 0 spiro atoms. The molecule has 0 N–H and O–H groups in total. The average Bonchev–Trinajstić information content (AvgIpc) is 2.25. The average molecular weight is 252 g/mol. The van der Waals surface area contributed by atoms with Gasteiger partial charge in [0.1, 0.15) is 17.4 Å². The van der Waals surface area contributed by atoms with E-state index in [1.807, 2.05) is 0 Å². The van der Waals surface area contributed by atoms with Gasteiger partial charge in [-0.05, 0) is 0 Å². The van der Waals surface area contributed by atoms with Gasteiger partial charge in [0.2, 0.25) is 5.78 Å². The second-order valence-electron chi connectivity index (χ2n) is 2.98. The molecule has 0 aliphatic heterocycles. The summed E-state index contributed by atoms with van der Waals surface area (Å²) in [5, 5.41) is 0. The summed E-state index contributed by atoms with van der Waals surface area (Å²) in [6.07, 6.45) is -3.47. The molecule has 0 aliphatic rings. The number of benzene rings is 1. The summed E-state index contributed by atoms with van der Waals surface area (Å²) >= 11 is 0. The van der Waals surface area contributed by atoms with Crippen LogP contribution in [-0.4, -0.2) is 26.1 Å². The fraction of sp³-hybridized carbons (Fsp3) is 0.300. The lowest BCUT2D eigenvalue weighted by Gasteiger charge is -2.08. The Balaban J connectivity index is 3.06. The third kappa shape index (κ3) is 3.16. The number of alkyl halides is 2. The number of Topliss-reactive ketones (excluding diaryl/α,β-unsaturated/α-hetero) is 1. The number of hydrogen-bond acceptors (Lipinski definition) is 3. The zero-order chi connectivity index (χ0) is 13.0. The van der Waals surface area contributed by atoms with Crippen molar-refractivity contribution >= 4 is 5.78 Å². The largest absolute Gasteiger partial charge is 0.467 e. The highest BCUT2D eigenvalue weighted by Gasteiger charge is 2.26. The molecule has 0 saturated carbocycles. The SMILES string of the molecule is COCOc1cc(F)c(C(=O)C(F)F)c(F)c1. The Morgan fingerprint density at radius 1 is 1.29 bits per heavy atom. The van der Waals surface area contributed by atoms with Crippen LogP contribution in [0.15, 0.2) is 12.1 Å². The van der Waals surface area contributed by atoms with E-state index in [1.54, 1.807) is 0 Å². The molecule has 0 aromatic heterocycles. The van der Waals surface area contributed by atoms with Crippen molar-refractivity contribution in [2.24, 2.45) is 0 Å². The van der Waals surface area contributed by atoms with E-state index in [2.05, 4.69) is 4.74 Å². The maximum Gasteiger partial charge on any atom is 0.300 e. The van der Waals surface area contributed by atoms with Gasteiger partial charge < -0.3 is 9.47 Å². The first-order chi connectivity index (χ1) is 7.97. The Hall–Kier alpha value is -1.63. The lowest BCUT2D eigenvalue weighted by molar-refractivity contribution is 0.0505. The Kier molecular flexibility index (Phi) is 4.45. The van der Waals surface area contributed by atoms with Crippen molar-refractivity contribution in [1.82, 2.24) is 0 Å². The fourth-order valence-corrected chi connectivity index (χ4v) is 1.10. The molecular weight excluding hydrogens is 244 g/mol. The third-order valence-electron chi connectivity index (χ3n) is 1.80. The van der Waals surface area contributed by atoms with Gasteiger partial charge in [-0.15, -0.1) is 0 Å². The zero-order valence-corrected chi connectivity index (χ0v) is 8.68. The van der Waals surface area contributed by atoms with E-state index in [9.17, 15) is 22.4 Å². The highest BCUT2D eigenvalue weighted by Crippen LogP contribution is 2.22. The molecular formula is C10H8F4O3. The lowest BCUT2D eigenvalue weighted by atomic mass is 10.1. The van der Waals surface area contributed by atoms with Crippen molar-refractivity contribution in [3.63, 3.8) is 0 Å². The number of methoxy groups -OCH3 is 1. The van der Waals surface area contributed by atoms with Gasteiger partial charge in [0.25, 0.3) is 0 Å². The van der Waals surface area contributed by atoms with E-state index in [0.717, 1.165) is 0 Å². The van der Waals surface area contributed by atoms with Crippen LogP contribution in [0.3, 0.4) is 0 Å². The number of ether oxygens (including phenoxy) is 2. The summed E-state index contributed by atoms with van der Waals surface area (Å²) in [5.41, 5.74) is -1.27. The number of halogens is 4. The van der Waals surface area contributed by atoms with Gasteiger partial charge in [-0.1, -0.05) is 0 Å². The smallest absolute Gasteiger partial charge is 0.300 e. The molecule has 0 atom stereocenters. The highest BCUT2D eigenvalue weighted by atomic mass is 19.3. The van der Waals surface area contributed by atoms with Gasteiger partial charge >= 0.3 is 6.43 Å². The molecule has 0 bridgehead atoms. The van der Waals surface area contributed by atoms with Crippen molar-refractivity contribution < 1.29 is 31.8 Å². The second-order valence-corrected chi connectivity index (χ2v) is 2.98. The van der Waals surface area contributed by atoms with Gasteiger partial charge in [0.15, 0.2) is 6.79 Å². The molecule has 0 amide bonds. The van der Waals surface area contributed by atoms with Crippen molar-refractivity contribution in [3.8, 4) is 5.75 Å². The second kappa shape index (κ2) is 5.62. The van der Waals surface area contributed by atoms with Gasteiger partial charge in [0, 0.05) is 19.2 Å². The van der Waals surface area contributed by atoms with E-state index >= 15 is 0 Å². The lowest BCUT2D eigenvalue weighted by Crippen LogP contribution is -2.15. The molecule has 0 radical (unpaired) electrons. The maximum absolute atomic E-state index is 13.2. The van der Waals surface area contributed by atoms with Crippen LogP contribution < -0.4 is 4.74 Å². The molecule has 7 heteroatoms. The minimum atomic E-state index is -3.47. The van der Waals surface area contributed by atoms with Crippen LogP contribution in [0.5, 0.6) is 5.75 Å². The van der Waals surface area contributed by atoms with Crippen LogP contribution in [-0.2, 0) is 4.74 Å². The molecule has 17 heavy (non-hydrogen) atoms. The third-order valence-corrected chi connectivity index (χ3v) is 1.80. The summed E-state index contributed by atoms with van der Waals surface area (Å²) in [4.78, 5) is 10.8. The predicted octanol–water partition coefficient (Wildman–Crippen LogP) is 2.40. The summed E-state index contributed by atoms with van der Waals surface area (Å²) in [6.45, 7) is -0.263. The number of carbonyl (C=O) groups excluding carboxylic acids is 1. The number of rotatable bonds is 5. The summed E-state index contributed by atoms with van der Waals surface area (Å²) in [6, 6.07) is 1.27.